The predicted octanol–water partition coefficient (Wildman–Crippen LogP) is 2.00. The van der Waals surface area contributed by atoms with Crippen LogP contribution in [0.1, 0.15) is 31.2 Å². The van der Waals surface area contributed by atoms with E-state index in [1.165, 1.54) is 5.56 Å². The van der Waals surface area contributed by atoms with Crippen molar-refractivity contribution in [1.29, 1.82) is 0 Å². The maximum atomic E-state index is 12.5. The number of nitrogens with one attached hydrogen (secondary N) is 1. The van der Waals surface area contributed by atoms with Crippen molar-refractivity contribution in [1.82, 2.24) is 10.2 Å². The molecule has 1 aromatic carbocycles. The SMILES string of the molecule is CC1NCCC1C(=O)N1CCC(c2ccccc2)C1. The van der Waals surface area contributed by atoms with Crippen LogP contribution in [0.2, 0.25) is 0 Å². The maximum absolute atomic E-state index is 12.5. The Labute approximate surface area is 115 Å². The summed E-state index contributed by atoms with van der Waals surface area (Å²) in [4.78, 5) is 14.6. The average molecular weight is 258 g/mol. The van der Waals surface area contributed by atoms with E-state index in [4.69, 9.17) is 0 Å². The zero-order valence-corrected chi connectivity index (χ0v) is 11.5. The lowest BCUT2D eigenvalue weighted by atomic mass is 9.98. The molecule has 3 nitrogen and oxygen atoms in total. The molecule has 3 atom stereocenters. The quantitative estimate of drug-likeness (QED) is 0.880. The van der Waals surface area contributed by atoms with Crippen LogP contribution in [0.4, 0.5) is 0 Å². The van der Waals surface area contributed by atoms with E-state index in [1.54, 1.807) is 0 Å². The predicted molar refractivity (Wildman–Crippen MR) is 76.0 cm³/mol. The van der Waals surface area contributed by atoms with Gasteiger partial charge in [0.05, 0.1) is 5.92 Å². The molecule has 1 N–H and O–H groups in total. The highest BCUT2D eigenvalue weighted by Crippen LogP contribution is 2.29. The zero-order chi connectivity index (χ0) is 13.2. The zero-order valence-electron chi connectivity index (χ0n) is 11.5. The fraction of sp³-hybridized carbons (Fsp3) is 0.562. The van der Waals surface area contributed by atoms with Crippen LogP contribution in [0.15, 0.2) is 30.3 Å². The van der Waals surface area contributed by atoms with Gasteiger partial charge in [-0.3, -0.25) is 4.79 Å². The van der Waals surface area contributed by atoms with Gasteiger partial charge in [-0.2, -0.15) is 0 Å². The molecule has 2 fully saturated rings. The third-order valence-electron chi connectivity index (χ3n) is 4.61. The normalized spacial score (nSPS) is 30.8. The van der Waals surface area contributed by atoms with Crippen LogP contribution in [0.3, 0.4) is 0 Å². The van der Waals surface area contributed by atoms with Gasteiger partial charge in [-0.15, -0.1) is 0 Å². The summed E-state index contributed by atoms with van der Waals surface area (Å²) < 4.78 is 0. The molecule has 0 saturated carbocycles. The Bertz CT molecular complexity index is 445. The van der Waals surface area contributed by atoms with Crippen molar-refractivity contribution in [2.45, 2.75) is 31.7 Å². The monoisotopic (exact) mass is 258 g/mol. The third-order valence-corrected chi connectivity index (χ3v) is 4.61. The Hall–Kier alpha value is -1.35. The van der Waals surface area contributed by atoms with Gasteiger partial charge in [0.25, 0.3) is 0 Å². The summed E-state index contributed by atoms with van der Waals surface area (Å²) >= 11 is 0. The lowest BCUT2D eigenvalue weighted by Crippen LogP contribution is -2.38. The van der Waals surface area contributed by atoms with Crippen molar-refractivity contribution >= 4 is 5.91 Å². The van der Waals surface area contributed by atoms with Crippen LogP contribution in [0, 0.1) is 5.92 Å². The molecule has 3 rings (SSSR count). The number of nitrogens with zero attached hydrogens (tertiary/aromatic N) is 1. The second kappa shape index (κ2) is 5.33. The van der Waals surface area contributed by atoms with Crippen molar-refractivity contribution in [2.24, 2.45) is 5.92 Å². The fourth-order valence-corrected chi connectivity index (χ4v) is 3.39. The molecule has 0 spiro atoms. The first-order valence-electron chi connectivity index (χ1n) is 7.33. The van der Waals surface area contributed by atoms with Gasteiger partial charge in [0.1, 0.15) is 0 Å². The Morgan fingerprint density at radius 2 is 2.05 bits per heavy atom. The number of rotatable bonds is 2. The van der Waals surface area contributed by atoms with Crippen LogP contribution in [0.25, 0.3) is 0 Å². The first kappa shape index (κ1) is 12.7. The standard InChI is InChI=1S/C16H22N2O/c1-12-15(7-9-17-12)16(19)18-10-8-14(11-18)13-5-3-2-4-6-13/h2-6,12,14-15,17H,7-11H2,1H3. The minimum Gasteiger partial charge on any atom is -0.342 e. The van der Waals surface area contributed by atoms with Crippen LogP contribution >= 0.6 is 0 Å². The van der Waals surface area contributed by atoms with Crippen LogP contribution in [0.5, 0.6) is 0 Å². The van der Waals surface area contributed by atoms with Gasteiger partial charge >= 0.3 is 0 Å². The van der Waals surface area contributed by atoms with E-state index in [1.807, 2.05) is 6.07 Å². The second-order valence-electron chi connectivity index (χ2n) is 5.82. The summed E-state index contributed by atoms with van der Waals surface area (Å²) in [5, 5.41) is 3.37. The number of hydrogen-bond donors (Lipinski definition) is 1. The molecule has 3 heteroatoms. The van der Waals surface area contributed by atoms with Gasteiger partial charge in [-0.05, 0) is 31.9 Å². The second-order valence-corrected chi connectivity index (χ2v) is 5.82. The number of likely N-dealkylation sites (tertiary alicyclic amines) is 1. The van der Waals surface area contributed by atoms with Gasteiger partial charge in [0, 0.05) is 25.0 Å². The lowest BCUT2D eigenvalue weighted by Gasteiger charge is -2.23. The fourth-order valence-electron chi connectivity index (χ4n) is 3.39. The largest absolute Gasteiger partial charge is 0.342 e. The minimum absolute atomic E-state index is 0.189. The Kier molecular flexibility index (Phi) is 3.56. The summed E-state index contributed by atoms with van der Waals surface area (Å²) in [5.41, 5.74) is 1.37. The number of amides is 1. The van der Waals surface area contributed by atoms with Crippen molar-refractivity contribution in [3.8, 4) is 0 Å². The maximum Gasteiger partial charge on any atom is 0.227 e. The van der Waals surface area contributed by atoms with E-state index in [0.29, 0.717) is 17.9 Å². The van der Waals surface area contributed by atoms with Gasteiger partial charge in [0.2, 0.25) is 5.91 Å². The van der Waals surface area contributed by atoms with Gasteiger partial charge in [-0.1, -0.05) is 30.3 Å². The molecular weight excluding hydrogens is 236 g/mol. The number of carbonyl (C=O) groups excluding carboxylic acids is 1. The molecule has 0 radical (unpaired) electrons. The Morgan fingerprint density at radius 3 is 2.74 bits per heavy atom. The molecule has 2 aliphatic rings. The van der Waals surface area contributed by atoms with Crippen molar-refractivity contribution in [3.05, 3.63) is 35.9 Å². The highest BCUT2D eigenvalue weighted by atomic mass is 16.2. The highest BCUT2D eigenvalue weighted by Gasteiger charge is 2.35. The lowest BCUT2D eigenvalue weighted by molar-refractivity contribution is -0.134. The smallest absolute Gasteiger partial charge is 0.227 e. The summed E-state index contributed by atoms with van der Waals surface area (Å²) in [7, 11) is 0. The van der Waals surface area contributed by atoms with Crippen LogP contribution in [-0.4, -0.2) is 36.5 Å². The molecule has 19 heavy (non-hydrogen) atoms. The number of carbonyl (C=O) groups is 1. The summed E-state index contributed by atoms with van der Waals surface area (Å²) in [5.74, 6) is 1.07. The van der Waals surface area contributed by atoms with Gasteiger partial charge in [0.15, 0.2) is 0 Å². The molecular formula is C16H22N2O. The van der Waals surface area contributed by atoms with Gasteiger partial charge < -0.3 is 10.2 Å². The van der Waals surface area contributed by atoms with Crippen molar-refractivity contribution in [3.63, 3.8) is 0 Å². The van der Waals surface area contributed by atoms with E-state index in [2.05, 4.69) is 41.4 Å². The molecule has 102 valence electrons. The van der Waals surface area contributed by atoms with E-state index < -0.39 is 0 Å². The highest BCUT2D eigenvalue weighted by molar-refractivity contribution is 5.80. The van der Waals surface area contributed by atoms with Crippen molar-refractivity contribution in [2.75, 3.05) is 19.6 Å². The molecule has 0 aromatic heterocycles. The molecule has 2 aliphatic heterocycles. The molecule has 1 amide bonds. The summed E-state index contributed by atoms with van der Waals surface area (Å²) in [6.45, 7) is 4.92. The van der Waals surface area contributed by atoms with Crippen molar-refractivity contribution < 1.29 is 4.79 Å². The topological polar surface area (TPSA) is 32.3 Å². The first-order valence-corrected chi connectivity index (χ1v) is 7.33. The van der Waals surface area contributed by atoms with E-state index in [-0.39, 0.29) is 5.92 Å². The van der Waals surface area contributed by atoms with E-state index in [0.717, 1.165) is 32.5 Å². The first-order chi connectivity index (χ1) is 9.25. The van der Waals surface area contributed by atoms with E-state index >= 15 is 0 Å². The molecule has 2 heterocycles. The third kappa shape index (κ3) is 2.52. The molecule has 2 saturated heterocycles. The summed E-state index contributed by atoms with van der Waals surface area (Å²) in [6.07, 6.45) is 2.09. The molecule has 0 aliphatic carbocycles. The molecule has 1 aromatic rings. The molecule has 0 bridgehead atoms. The number of hydrogen-bond acceptors (Lipinski definition) is 2. The van der Waals surface area contributed by atoms with Gasteiger partial charge in [-0.25, -0.2) is 0 Å². The van der Waals surface area contributed by atoms with Crippen LogP contribution in [-0.2, 0) is 4.79 Å². The molecule has 3 unspecified atom stereocenters. The van der Waals surface area contributed by atoms with E-state index in [9.17, 15) is 4.79 Å². The Balaban J connectivity index is 1.64. The average Bonchev–Trinajstić information content (AvgIpc) is 3.08. The number of benzene rings is 1. The minimum atomic E-state index is 0.189. The Morgan fingerprint density at radius 1 is 1.26 bits per heavy atom. The summed E-state index contributed by atoms with van der Waals surface area (Å²) in [6, 6.07) is 10.9. The van der Waals surface area contributed by atoms with Crippen LogP contribution < -0.4 is 5.32 Å².